The largest absolute Gasteiger partial charge is 0.376 e. The molecule has 0 unspecified atom stereocenters. The number of rotatable bonds is 6. The lowest BCUT2D eigenvalue weighted by atomic mass is 9.90. The van der Waals surface area contributed by atoms with Gasteiger partial charge in [-0.15, -0.1) is 0 Å². The minimum Gasteiger partial charge on any atom is -0.376 e. The van der Waals surface area contributed by atoms with Crippen LogP contribution in [0.1, 0.15) is 31.2 Å². The van der Waals surface area contributed by atoms with Gasteiger partial charge in [-0.2, -0.15) is 0 Å². The van der Waals surface area contributed by atoms with Gasteiger partial charge in [-0.05, 0) is 56.7 Å². The van der Waals surface area contributed by atoms with E-state index in [-0.39, 0.29) is 12.0 Å². The van der Waals surface area contributed by atoms with E-state index in [4.69, 9.17) is 4.74 Å². The van der Waals surface area contributed by atoms with Crippen LogP contribution in [-0.2, 0) is 16.0 Å². The molecule has 0 saturated carbocycles. The molecule has 23 heavy (non-hydrogen) atoms. The van der Waals surface area contributed by atoms with Crippen LogP contribution in [0.25, 0.3) is 0 Å². The molecule has 1 N–H and O–H groups in total. The van der Waals surface area contributed by atoms with E-state index in [1.54, 1.807) is 0 Å². The Labute approximate surface area is 139 Å². The summed E-state index contributed by atoms with van der Waals surface area (Å²) < 4.78 is 5.54. The van der Waals surface area contributed by atoms with Crippen molar-refractivity contribution < 1.29 is 9.53 Å². The Morgan fingerprint density at radius 1 is 1.17 bits per heavy atom. The molecule has 2 aliphatic rings. The fourth-order valence-corrected chi connectivity index (χ4v) is 3.59. The molecule has 4 nitrogen and oxygen atoms in total. The molecule has 0 aliphatic carbocycles. The van der Waals surface area contributed by atoms with Crippen LogP contribution < -0.4 is 5.32 Å². The first-order valence-corrected chi connectivity index (χ1v) is 8.94. The number of likely N-dealkylation sites (tertiary alicyclic amines) is 1. The molecule has 1 atom stereocenters. The lowest BCUT2D eigenvalue weighted by Gasteiger charge is -2.31. The van der Waals surface area contributed by atoms with Gasteiger partial charge in [0.2, 0.25) is 5.91 Å². The van der Waals surface area contributed by atoms with Crippen molar-refractivity contribution in [1.29, 1.82) is 0 Å². The van der Waals surface area contributed by atoms with Crippen LogP contribution in [0.4, 0.5) is 0 Å². The Morgan fingerprint density at radius 2 is 1.96 bits per heavy atom. The molecule has 2 saturated heterocycles. The first-order chi connectivity index (χ1) is 11.3. The van der Waals surface area contributed by atoms with E-state index in [0.29, 0.717) is 13.1 Å². The highest BCUT2D eigenvalue weighted by molar-refractivity contribution is 5.78. The number of nitrogens with zero attached hydrogens (tertiary/aromatic N) is 1. The van der Waals surface area contributed by atoms with Gasteiger partial charge in [-0.25, -0.2) is 0 Å². The van der Waals surface area contributed by atoms with E-state index in [9.17, 15) is 4.79 Å². The third-order valence-corrected chi connectivity index (χ3v) is 4.99. The van der Waals surface area contributed by atoms with Gasteiger partial charge in [0.15, 0.2) is 0 Å². The van der Waals surface area contributed by atoms with Crippen LogP contribution >= 0.6 is 0 Å². The highest BCUT2D eigenvalue weighted by atomic mass is 16.5. The number of hydrogen-bond donors (Lipinski definition) is 1. The molecule has 1 aromatic rings. The van der Waals surface area contributed by atoms with E-state index < -0.39 is 0 Å². The highest BCUT2D eigenvalue weighted by Gasteiger charge is 2.22. The predicted molar refractivity (Wildman–Crippen MR) is 91.3 cm³/mol. The van der Waals surface area contributed by atoms with Crippen LogP contribution in [0.3, 0.4) is 0 Å². The van der Waals surface area contributed by atoms with E-state index in [1.807, 2.05) is 0 Å². The van der Waals surface area contributed by atoms with Gasteiger partial charge in [0.25, 0.3) is 0 Å². The maximum absolute atomic E-state index is 12.0. The first-order valence-electron chi connectivity index (χ1n) is 8.94. The van der Waals surface area contributed by atoms with Gasteiger partial charge in [-0.3, -0.25) is 9.69 Å². The van der Waals surface area contributed by atoms with Crippen molar-refractivity contribution in [2.45, 2.75) is 38.2 Å². The third kappa shape index (κ3) is 5.33. The monoisotopic (exact) mass is 316 g/mol. The van der Waals surface area contributed by atoms with Crippen molar-refractivity contribution in [3.05, 3.63) is 35.9 Å². The van der Waals surface area contributed by atoms with Gasteiger partial charge >= 0.3 is 0 Å². The molecule has 2 heterocycles. The summed E-state index contributed by atoms with van der Waals surface area (Å²) in [6.45, 7) is 4.11. The van der Waals surface area contributed by atoms with Gasteiger partial charge in [0, 0.05) is 13.2 Å². The van der Waals surface area contributed by atoms with Gasteiger partial charge < -0.3 is 10.1 Å². The number of amides is 1. The van der Waals surface area contributed by atoms with Crippen molar-refractivity contribution in [3.8, 4) is 0 Å². The Hall–Kier alpha value is -1.39. The zero-order chi connectivity index (χ0) is 15.9. The number of ether oxygens (including phenoxy) is 1. The maximum Gasteiger partial charge on any atom is 0.234 e. The van der Waals surface area contributed by atoms with Crippen LogP contribution in [0.2, 0.25) is 0 Å². The van der Waals surface area contributed by atoms with Gasteiger partial charge in [0.05, 0.1) is 12.6 Å². The number of carbonyl (C=O) groups is 1. The van der Waals surface area contributed by atoms with Crippen molar-refractivity contribution >= 4 is 5.91 Å². The van der Waals surface area contributed by atoms with Gasteiger partial charge in [0.1, 0.15) is 0 Å². The Balaban J connectivity index is 1.33. The van der Waals surface area contributed by atoms with E-state index in [2.05, 4.69) is 40.5 Å². The summed E-state index contributed by atoms with van der Waals surface area (Å²) in [5, 5.41) is 3.02. The van der Waals surface area contributed by atoms with E-state index in [1.165, 1.54) is 24.8 Å². The predicted octanol–water partition coefficient (Wildman–Crippen LogP) is 2.24. The van der Waals surface area contributed by atoms with E-state index in [0.717, 1.165) is 38.5 Å². The molecule has 0 radical (unpaired) electrons. The average molecular weight is 316 g/mol. The van der Waals surface area contributed by atoms with E-state index >= 15 is 0 Å². The molecule has 1 aromatic carbocycles. The summed E-state index contributed by atoms with van der Waals surface area (Å²) in [6.07, 6.45) is 5.97. The number of hydrogen-bond acceptors (Lipinski definition) is 3. The molecular weight excluding hydrogens is 288 g/mol. The molecule has 0 aromatic heterocycles. The maximum atomic E-state index is 12.0. The Morgan fingerprint density at radius 3 is 2.65 bits per heavy atom. The van der Waals surface area contributed by atoms with Gasteiger partial charge in [-0.1, -0.05) is 30.3 Å². The molecule has 3 rings (SSSR count). The quantitative estimate of drug-likeness (QED) is 0.875. The fourth-order valence-electron chi connectivity index (χ4n) is 3.59. The minimum atomic E-state index is 0.141. The smallest absolute Gasteiger partial charge is 0.234 e. The summed E-state index contributed by atoms with van der Waals surface area (Å²) in [6, 6.07) is 10.7. The van der Waals surface area contributed by atoms with Crippen molar-refractivity contribution in [2.24, 2.45) is 5.92 Å². The molecule has 4 heteroatoms. The lowest BCUT2D eigenvalue weighted by Crippen LogP contribution is -2.43. The second-order valence-electron chi connectivity index (χ2n) is 6.85. The number of piperidine rings is 1. The van der Waals surface area contributed by atoms with Crippen LogP contribution in [-0.4, -0.2) is 49.7 Å². The van der Waals surface area contributed by atoms with Crippen LogP contribution in [0, 0.1) is 5.92 Å². The van der Waals surface area contributed by atoms with Crippen LogP contribution in [0.5, 0.6) is 0 Å². The number of nitrogens with one attached hydrogen (secondary N) is 1. The molecule has 0 bridgehead atoms. The first kappa shape index (κ1) is 16.5. The third-order valence-electron chi connectivity index (χ3n) is 4.99. The molecule has 2 fully saturated rings. The second kappa shape index (κ2) is 8.46. The molecule has 126 valence electrons. The molecule has 2 aliphatic heterocycles. The Kier molecular flexibility index (Phi) is 6.06. The molecule has 0 spiro atoms. The van der Waals surface area contributed by atoms with Crippen molar-refractivity contribution in [2.75, 3.05) is 32.8 Å². The zero-order valence-corrected chi connectivity index (χ0v) is 13.9. The number of benzene rings is 1. The SMILES string of the molecule is O=C(CN1CCC(Cc2ccccc2)CC1)NC[C@@H]1CCCO1. The highest BCUT2D eigenvalue weighted by Crippen LogP contribution is 2.21. The lowest BCUT2D eigenvalue weighted by molar-refractivity contribution is -0.123. The molecule has 1 amide bonds. The van der Waals surface area contributed by atoms with Crippen molar-refractivity contribution in [3.63, 3.8) is 0 Å². The zero-order valence-electron chi connectivity index (χ0n) is 13.9. The minimum absolute atomic E-state index is 0.141. The fraction of sp³-hybridized carbons (Fsp3) is 0.632. The standard InChI is InChI=1S/C19H28N2O2/c22-19(20-14-18-7-4-12-23-18)15-21-10-8-17(9-11-21)13-16-5-2-1-3-6-16/h1-3,5-6,17-18H,4,7-15H2,(H,20,22)/t18-/m0/s1. The number of carbonyl (C=O) groups excluding carboxylic acids is 1. The Bertz CT molecular complexity index is 477. The average Bonchev–Trinajstić information content (AvgIpc) is 3.09. The molecular formula is C19H28N2O2. The van der Waals surface area contributed by atoms with Crippen LogP contribution in [0.15, 0.2) is 30.3 Å². The summed E-state index contributed by atoms with van der Waals surface area (Å²) in [4.78, 5) is 14.3. The summed E-state index contributed by atoms with van der Waals surface area (Å²) in [7, 11) is 0. The van der Waals surface area contributed by atoms with Crippen molar-refractivity contribution in [1.82, 2.24) is 10.2 Å². The summed E-state index contributed by atoms with van der Waals surface area (Å²) in [5.74, 6) is 0.894. The summed E-state index contributed by atoms with van der Waals surface area (Å²) in [5.41, 5.74) is 1.43. The topological polar surface area (TPSA) is 41.6 Å². The normalized spacial score (nSPS) is 23.0. The summed E-state index contributed by atoms with van der Waals surface area (Å²) >= 11 is 0. The second-order valence-corrected chi connectivity index (χ2v) is 6.85.